The molecular weight excluding hydrogens is 214 g/mol. The summed E-state index contributed by atoms with van der Waals surface area (Å²) in [5.74, 6) is 0. The zero-order chi connectivity index (χ0) is 12.1. The first kappa shape index (κ1) is 11.9. The Hall–Kier alpha value is -1.58. The van der Waals surface area contributed by atoms with Gasteiger partial charge in [-0.15, -0.1) is 0 Å². The fourth-order valence-electron chi connectivity index (χ4n) is 1.86. The van der Waals surface area contributed by atoms with E-state index in [0.29, 0.717) is 0 Å². The molecule has 3 nitrogen and oxygen atoms in total. The number of benzene rings is 1. The van der Waals surface area contributed by atoms with Gasteiger partial charge in [-0.05, 0) is 18.6 Å². The Bertz CT molecular complexity index is 425. The minimum absolute atomic E-state index is 0.0545. The minimum atomic E-state index is -0.0545. The van der Waals surface area contributed by atoms with Gasteiger partial charge < -0.3 is 14.8 Å². The topological polar surface area (TPSA) is 45.4 Å². The van der Waals surface area contributed by atoms with Crippen LogP contribution in [0, 0.1) is 0 Å². The van der Waals surface area contributed by atoms with Gasteiger partial charge in [0.1, 0.15) is 0 Å². The van der Waals surface area contributed by atoms with E-state index in [9.17, 15) is 5.11 Å². The van der Waals surface area contributed by atoms with E-state index < -0.39 is 0 Å². The van der Waals surface area contributed by atoms with Crippen LogP contribution in [0.25, 0.3) is 0 Å². The number of furan rings is 1. The zero-order valence-electron chi connectivity index (χ0n) is 9.84. The Morgan fingerprint density at radius 2 is 1.94 bits per heavy atom. The molecule has 17 heavy (non-hydrogen) atoms. The van der Waals surface area contributed by atoms with Crippen LogP contribution in [0.15, 0.2) is 53.3 Å². The van der Waals surface area contributed by atoms with E-state index in [4.69, 9.17) is 4.42 Å². The number of nitrogens with one attached hydrogen (secondary N) is 1. The van der Waals surface area contributed by atoms with Crippen LogP contribution < -0.4 is 5.32 Å². The maximum atomic E-state index is 9.44. The van der Waals surface area contributed by atoms with E-state index in [2.05, 4.69) is 12.2 Å². The van der Waals surface area contributed by atoms with Crippen molar-refractivity contribution in [2.75, 3.05) is 6.61 Å². The third kappa shape index (κ3) is 2.96. The Kier molecular flexibility index (Phi) is 3.96. The van der Waals surface area contributed by atoms with E-state index >= 15 is 0 Å². The van der Waals surface area contributed by atoms with Crippen LogP contribution in [0.1, 0.15) is 30.1 Å². The molecule has 0 saturated heterocycles. The van der Waals surface area contributed by atoms with Gasteiger partial charge in [0, 0.05) is 11.6 Å². The SMILES string of the molecule is CC(N[C@@H](CO)c1ccccc1)c1ccoc1. The van der Waals surface area contributed by atoms with Crippen molar-refractivity contribution in [1.29, 1.82) is 0 Å². The van der Waals surface area contributed by atoms with Crippen molar-refractivity contribution in [3.05, 3.63) is 60.1 Å². The van der Waals surface area contributed by atoms with Crippen molar-refractivity contribution >= 4 is 0 Å². The number of aliphatic hydroxyl groups excluding tert-OH is 1. The molecule has 1 unspecified atom stereocenters. The molecule has 2 rings (SSSR count). The summed E-state index contributed by atoms with van der Waals surface area (Å²) in [6.07, 6.45) is 3.38. The number of rotatable bonds is 5. The van der Waals surface area contributed by atoms with Gasteiger partial charge in [-0.25, -0.2) is 0 Å². The number of hydrogen-bond acceptors (Lipinski definition) is 3. The molecule has 1 aromatic carbocycles. The molecule has 0 aliphatic rings. The van der Waals surface area contributed by atoms with Gasteiger partial charge in [0.15, 0.2) is 0 Å². The minimum Gasteiger partial charge on any atom is -0.472 e. The average Bonchev–Trinajstić information content (AvgIpc) is 2.90. The second kappa shape index (κ2) is 5.66. The van der Waals surface area contributed by atoms with Crippen molar-refractivity contribution in [3.63, 3.8) is 0 Å². The third-order valence-corrected chi connectivity index (χ3v) is 2.88. The lowest BCUT2D eigenvalue weighted by Crippen LogP contribution is -2.27. The fourth-order valence-corrected chi connectivity index (χ4v) is 1.86. The molecule has 1 heterocycles. The Morgan fingerprint density at radius 3 is 2.53 bits per heavy atom. The second-order valence-electron chi connectivity index (χ2n) is 4.09. The van der Waals surface area contributed by atoms with E-state index in [1.54, 1.807) is 12.5 Å². The lowest BCUT2D eigenvalue weighted by molar-refractivity contribution is 0.235. The summed E-state index contributed by atoms with van der Waals surface area (Å²) in [5.41, 5.74) is 2.17. The summed E-state index contributed by atoms with van der Waals surface area (Å²) in [5, 5.41) is 12.8. The molecule has 2 aromatic rings. The van der Waals surface area contributed by atoms with E-state index in [1.165, 1.54) is 0 Å². The Labute approximate surface area is 101 Å². The summed E-state index contributed by atoms with van der Waals surface area (Å²) in [4.78, 5) is 0. The van der Waals surface area contributed by atoms with Crippen LogP contribution >= 0.6 is 0 Å². The van der Waals surface area contributed by atoms with Gasteiger partial charge in [0.25, 0.3) is 0 Å². The van der Waals surface area contributed by atoms with E-state index in [1.807, 2.05) is 36.4 Å². The molecule has 0 amide bonds. The molecule has 2 atom stereocenters. The van der Waals surface area contributed by atoms with Crippen molar-refractivity contribution in [2.45, 2.75) is 19.0 Å². The highest BCUT2D eigenvalue weighted by molar-refractivity contribution is 5.20. The van der Waals surface area contributed by atoms with Gasteiger partial charge in [-0.2, -0.15) is 0 Å². The molecule has 2 N–H and O–H groups in total. The first-order chi connectivity index (χ1) is 8.31. The van der Waals surface area contributed by atoms with Gasteiger partial charge in [-0.1, -0.05) is 30.3 Å². The summed E-state index contributed by atoms with van der Waals surface area (Å²) in [6.45, 7) is 2.13. The van der Waals surface area contributed by atoms with Gasteiger partial charge >= 0.3 is 0 Å². The monoisotopic (exact) mass is 231 g/mol. The first-order valence-corrected chi connectivity index (χ1v) is 5.75. The lowest BCUT2D eigenvalue weighted by Gasteiger charge is -2.21. The van der Waals surface area contributed by atoms with E-state index in [0.717, 1.165) is 11.1 Å². The largest absolute Gasteiger partial charge is 0.472 e. The molecule has 0 saturated carbocycles. The fraction of sp³-hybridized carbons (Fsp3) is 0.286. The molecule has 0 spiro atoms. The zero-order valence-corrected chi connectivity index (χ0v) is 9.84. The third-order valence-electron chi connectivity index (χ3n) is 2.88. The molecule has 1 aromatic heterocycles. The second-order valence-corrected chi connectivity index (χ2v) is 4.09. The van der Waals surface area contributed by atoms with Crippen molar-refractivity contribution in [3.8, 4) is 0 Å². The van der Waals surface area contributed by atoms with Crippen LogP contribution in [-0.2, 0) is 0 Å². The molecule has 0 bridgehead atoms. The van der Waals surface area contributed by atoms with Crippen LogP contribution in [0.5, 0.6) is 0 Å². The van der Waals surface area contributed by atoms with Crippen LogP contribution in [-0.4, -0.2) is 11.7 Å². The van der Waals surface area contributed by atoms with Crippen LogP contribution in [0.2, 0.25) is 0 Å². The first-order valence-electron chi connectivity index (χ1n) is 5.75. The maximum Gasteiger partial charge on any atom is 0.0950 e. The standard InChI is InChI=1S/C14H17NO2/c1-11(13-7-8-17-10-13)15-14(9-16)12-5-3-2-4-6-12/h2-8,10-11,14-16H,9H2,1H3/t11?,14-/m0/s1. The molecule has 90 valence electrons. The smallest absolute Gasteiger partial charge is 0.0950 e. The average molecular weight is 231 g/mol. The molecule has 0 aliphatic heterocycles. The molecular formula is C14H17NO2. The quantitative estimate of drug-likeness (QED) is 0.831. The van der Waals surface area contributed by atoms with Crippen molar-refractivity contribution in [1.82, 2.24) is 5.32 Å². The predicted molar refractivity (Wildman–Crippen MR) is 66.5 cm³/mol. The molecule has 0 aliphatic carbocycles. The van der Waals surface area contributed by atoms with E-state index in [-0.39, 0.29) is 18.7 Å². The summed E-state index contributed by atoms with van der Waals surface area (Å²) in [6, 6.07) is 12.0. The highest BCUT2D eigenvalue weighted by atomic mass is 16.3. The Morgan fingerprint density at radius 1 is 1.18 bits per heavy atom. The lowest BCUT2D eigenvalue weighted by atomic mass is 10.1. The van der Waals surface area contributed by atoms with Gasteiger partial charge in [0.05, 0.1) is 25.2 Å². The summed E-state index contributed by atoms with van der Waals surface area (Å²) in [7, 11) is 0. The predicted octanol–water partition coefficient (Wildman–Crippen LogP) is 2.66. The normalized spacial score (nSPS) is 14.5. The number of aliphatic hydroxyl groups is 1. The molecule has 3 heteroatoms. The van der Waals surface area contributed by atoms with Crippen molar-refractivity contribution < 1.29 is 9.52 Å². The summed E-state index contributed by atoms with van der Waals surface area (Å²) >= 11 is 0. The Balaban J connectivity index is 2.06. The number of hydrogen-bond donors (Lipinski definition) is 2. The highest BCUT2D eigenvalue weighted by Crippen LogP contribution is 2.19. The highest BCUT2D eigenvalue weighted by Gasteiger charge is 2.14. The molecule has 0 radical (unpaired) electrons. The van der Waals surface area contributed by atoms with Crippen molar-refractivity contribution in [2.24, 2.45) is 0 Å². The van der Waals surface area contributed by atoms with Gasteiger partial charge in [-0.3, -0.25) is 0 Å². The maximum absolute atomic E-state index is 9.44. The van der Waals surface area contributed by atoms with Gasteiger partial charge in [0.2, 0.25) is 0 Å². The van der Waals surface area contributed by atoms with Crippen LogP contribution in [0.3, 0.4) is 0 Å². The molecule has 0 fully saturated rings. The summed E-state index contributed by atoms with van der Waals surface area (Å²) < 4.78 is 5.05. The van der Waals surface area contributed by atoms with Crippen LogP contribution in [0.4, 0.5) is 0 Å².